The monoisotopic (exact) mass is 235 g/mol. The van der Waals surface area contributed by atoms with Gasteiger partial charge in [-0.1, -0.05) is 0 Å². The minimum atomic E-state index is -0.525. The van der Waals surface area contributed by atoms with Crippen molar-refractivity contribution in [2.45, 2.75) is 38.3 Å². The fourth-order valence-electron chi connectivity index (χ4n) is 1.74. The summed E-state index contributed by atoms with van der Waals surface area (Å²) in [6.07, 6.45) is 5.57. The van der Waals surface area contributed by atoms with Crippen LogP contribution in [0.25, 0.3) is 0 Å². The SMILES string of the molecule is CSCCC(C)NC1CCS(=O)CC1. The zero-order valence-corrected chi connectivity index (χ0v) is 10.8. The first kappa shape index (κ1) is 12.5. The Labute approximate surface area is 94.1 Å². The summed E-state index contributed by atoms with van der Waals surface area (Å²) in [4.78, 5) is 0. The molecule has 2 nitrogen and oxygen atoms in total. The third kappa shape index (κ3) is 4.80. The van der Waals surface area contributed by atoms with E-state index in [1.54, 1.807) is 0 Å². The van der Waals surface area contributed by atoms with Crippen molar-refractivity contribution in [2.75, 3.05) is 23.5 Å². The highest BCUT2D eigenvalue weighted by Gasteiger charge is 2.18. The molecule has 0 aliphatic carbocycles. The van der Waals surface area contributed by atoms with Crippen molar-refractivity contribution in [3.8, 4) is 0 Å². The van der Waals surface area contributed by atoms with Crippen LogP contribution in [-0.4, -0.2) is 39.8 Å². The largest absolute Gasteiger partial charge is 0.311 e. The molecule has 1 rings (SSSR count). The second-order valence-corrected chi connectivity index (χ2v) is 6.65. The summed E-state index contributed by atoms with van der Waals surface area (Å²) in [5.74, 6) is 3.02. The van der Waals surface area contributed by atoms with E-state index in [1.165, 1.54) is 12.2 Å². The minimum Gasteiger partial charge on any atom is -0.311 e. The Balaban J connectivity index is 2.13. The molecule has 1 unspecified atom stereocenters. The molecule has 1 N–H and O–H groups in total. The highest BCUT2D eigenvalue weighted by atomic mass is 32.2. The Morgan fingerprint density at radius 1 is 1.50 bits per heavy atom. The molecule has 1 aliphatic rings. The van der Waals surface area contributed by atoms with E-state index < -0.39 is 10.8 Å². The quantitative estimate of drug-likeness (QED) is 0.785. The van der Waals surface area contributed by atoms with Gasteiger partial charge in [0.05, 0.1) is 0 Å². The molecular formula is C10H21NOS2. The number of thioether (sulfide) groups is 1. The molecule has 0 saturated carbocycles. The lowest BCUT2D eigenvalue weighted by Crippen LogP contribution is -2.41. The van der Waals surface area contributed by atoms with Crippen LogP contribution in [-0.2, 0) is 10.8 Å². The van der Waals surface area contributed by atoms with E-state index in [9.17, 15) is 4.21 Å². The molecule has 0 spiro atoms. The molecule has 0 aromatic rings. The smallest absolute Gasteiger partial charge is 0.0249 e. The van der Waals surface area contributed by atoms with Crippen LogP contribution in [0.2, 0.25) is 0 Å². The molecule has 1 saturated heterocycles. The van der Waals surface area contributed by atoms with Crippen LogP contribution < -0.4 is 5.32 Å². The van der Waals surface area contributed by atoms with Gasteiger partial charge in [0.2, 0.25) is 0 Å². The second-order valence-electron chi connectivity index (χ2n) is 3.97. The normalized spacial score (nSPS) is 30.1. The molecule has 0 radical (unpaired) electrons. The summed E-state index contributed by atoms with van der Waals surface area (Å²) in [5.41, 5.74) is 0. The maximum Gasteiger partial charge on any atom is 0.0249 e. The van der Waals surface area contributed by atoms with E-state index in [-0.39, 0.29) is 0 Å². The zero-order chi connectivity index (χ0) is 10.4. The van der Waals surface area contributed by atoms with E-state index in [0.29, 0.717) is 12.1 Å². The van der Waals surface area contributed by atoms with Gasteiger partial charge in [0.15, 0.2) is 0 Å². The first-order chi connectivity index (χ1) is 6.72. The van der Waals surface area contributed by atoms with Gasteiger partial charge in [0.1, 0.15) is 0 Å². The topological polar surface area (TPSA) is 29.1 Å². The molecule has 84 valence electrons. The van der Waals surface area contributed by atoms with Crippen molar-refractivity contribution in [1.82, 2.24) is 5.32 Å². The Bertz CT molecular complexity index is 177. The van der Waals surface area contributed by atoms with Gasteiger partial charge in [-0.3, -0.25) is 4.21 Å². The van der Waals surface area contributed by atoms with Gasteiger partial charge < -0.3 is 5.32 Å². The summed E-state index contributed by atoms with van der Waals surface area (Å²) in [6, 6.07) is 1.23. The fraction of sp³-hybridized carbons (Fsp3) is 1.00. The summed E-state index contributed by atoms with van der Waals surface area (Å²) < 4.78 is 11.1. The number of rotatable bonds is 5. The van der Waals surface area contributed by atoms with Crippen LogP contribution in [0, 0.1) is 0 Å². The van der Waals surface area contributed by atoms with Gasteiger partial charge in [-0.2, -0.15) is 11.8 Å². The van der Waals surface area contributed by atoms with Crippen LogP contribution in [0.3, 0.4) is 0 Å². The molecule has 1 heterocycles. The van der Waals surface area contributed by atoms with Crippen LogP contribution in [0.1, 0.15) is 26.2 Å². The zero-order valence-electron chi connectivity index (χ0n) is 9.12. The van der Waals surface area contributed by atoms with Crippen molar-refractivity contribution in [3.63, 3.8) is 0 Å². The Kier molecular flexibility index (Phi) is 6.13. The molecule has 1 fully saturated rings. The maximum atomic E-state index is 11.1. The summed E-state index contributed by atoms with van der Waals surface area (Å²) in [7, 11) is -0.525. The van der Waals surface area contributed by atoms with Gasteiger partial charge in [-0.25, -0.2) is 0 Å². The van der Waals surface area contributed by atoms with Crippen molar-refractivity contribution in [1.29, 1.82) is 0 Å². The number of hydrogen-bond acceptors (Lipinski definition) is 3. The molecule has 0 bridgehead atoms. The van der Waals surface area contributed by atoms with Gasteiger partial charge in [0.25, 0.3) is 0 Å². The lowest BCUT2D eigenvalue weighted by molar-refractivity contribution is 0.414. The molecule has 0 aromatic heterocycles. The molecule has 14 heavy (non-hydrogen) atoms. The van der Waals surface area contributed by atoms with Crippen molar-refractivity contribution < 1.29 is 4.21 Å². The van der Waals surface area contributed by atoms with E-state index in [2.05, 4.69) is 18.5 Å². The first-order valence-electron chi connectivity index (χ1n) is 5.32. The lowest BCUT2D eigenvalue weighted by atomic mass is 10.1. The molecule has 4 heteroatoms. The lowest BCUT2D eigenvalue weighted by Gasteiger charge is -2.26. The fourth-order valence-corrected chi connectivity index (χ4v) is 3.63. The molecule has 0 aromatic carbocycles. The van der Waals surface area contributed by atoms with E-state index in [4.69, 9.17) is 0 Å². The Hall–Kier alpha value is 0.460. The van der Waals surface area contributed by atoms with Crippen LogP contribution in [0.15, 0.2) is 0 Å². The summed E-state index contributed by atoms with van der Waals surface area (Å²) >= 11 is 1.90. The van der Waals surface area contributed by atoms with Gasteiger partial charge in [0, 0.05) is 34.4 Å². The van der Waals surface area contributed by atoms with Crippen LogP contribution in [0.5, 0.6) is 0 Å². The maximum absolute atomic E-state index is 11.1. The van der Waals surface area contributed by atoms with Gasteiger partial charge in [-0.05, 0) is 38.2 Å². The summed E-state index contributed by atoms with van der Waals surface area (Å²) in [6.45, 7) is 2.25. The van der Waals surface area contributed by atoms with Crippen molar-refractivity contribution >= 4 is 22.6 Å². The van der Waals surface area contributed by atoms with Gasteiger partial charge in [-0.15, -0.1) is 0 Å². The van der Waals surface area contributed by atoms with Crippen molar-refractivity contribution in [2.24, 2.45) is 0 Å². The predicted molar refractivity (Wildman–Crippen MR) is 66.5 cm³/mol. The molecule has 1 atom stereocenters. The van der Waals surface area contributed by atoms with E-state index >= 15 is 0 Å². The number of hydrogen-bond donors (Lipinski definition) is 1. The third-order valence-electron chi connectivity index (χ3n) is 2.66. The predicted octanol–water partition coefficient (Wildman–Crippen LogP) is 1.63. The average molecular weight is 235 g/mol. The van der Waals surface area contributed by atoms with Crippen molar-refractivity contribution in [3.05, 3.63) is 0 Å². The first-order valence-corrected chi connectivity index (χ1v) is 8.20. The highest BCUT2D eigenvalue weighted by molar-refractivity contribution is 7.98. The minimum absolute atomic E-state index is 0.525. The third-order valence-corrected chi connectivity index (χ3v) is 4.69. The molecule has 0 amide bonds. The molecular weight excluding hydrogens is 214 g/mol. The number of nitrogens with one attached hydrogen (secondary N) is 1. The second kappa shape index (κ2) is 6.85. The van der Waals surface area contributed by atoms with E-state index in [0.717, 1.165) is 24.3 Å². The highest BCUT2D eigenvalue weighted by Crippen LogP contribution is 2.11. The average Bonchev–Trinajstić information content (AvgIpc) is 2.18. The Morgan fingerprint density at radius 3 is 2.71 bits per heavy atom. The molecule has 1 aliphatic heterocycles. The standard InChI is InChI=1S/C10H21NOS2/c1-9(3-6-13-2)11-10-4-7-14(12)8-5-10/h9-11H,3-8H2,1-2H3. The van der Waals surface area contributed by atoms with E-state index in [1.807, 2.05) is 11.8 Å². The Morgan fingerprint density at radius 2 is 2.14 bits per heavy atom. The summed E-state index contributed by atoms with van der Waals surface area (Å²) in [5, 5.41) is 3.63. The van der Waals surface area contributed by atoms with Crippen LogP contribution >= 0.6 is 11.8 Å². The van der Waals surface area contributed by atoms with Gasteiger partial charge >= 0.3 is 0 Å². The van der Waals surface area contributed by atoms with Crippen LogP contribution in [0.4, 0.5) is 0 Å².